The van der Waals surface area contributed by atoms with Gasteiger partial charge in [0.1, 0.15) is 6.07 Å². The zero-order valence-corrected chi connectivity index (χ0v) is 12.7. The Morgan fingerprint density at radius 3 is 2.00 bits per heavy atom. The molecule has 0 saturated carbocycles. The molecule has 0 bridgehead atoms. The van der Waals surface area contributed by atoms with E-state index in [1.54, 1.807) is 0 Å². The van der Waals surface area contributed by atoms with Crippen LogP contribution in [-0.2, 0) is 0 Å². The highest BCUT2D eigenvalue weighted by Crippen LogP contribution is 2.21. The van der Waals surface area contributed by atoms with E-state index in [2.05, 4.69) is 44.7 Å². The van der Waals surface area contributed by atoms with E-state index in [0.717, 1.165) is 37.2 Å². The first-order chi connectivity index (χ1) is 9.04. The van der Waals surface area contributed by atoms with Crippen LogP contribution >= 0.6 is 0 Å². The highest BCUT2D eigenvalue weighted by molar-refractivity contribution is 5.59. The Morgan fingerprint density at radius 1 is 1.00 bits per heavy atom. The molecule has 0 amide bonds. The quantitative estimate of drug-likeness (QED) is 0.722. The number of nitriles is 1. The molecule has 0 aliphatic heterocycles. The molecule has 1 aromatic rings. The highest BCUT2D eigenvalue weighted by atomic mass is 15.1. The molecule has 0 unspecified atom stereocenters. The maximum Gasteiger partial charge on any atom is 0.101 e. The van der Waals surface area contributed by atoms with Crippen molar-refractivity contribution in [3.05, 3.63) is 29.8 Å². The van der Waals surface area contributed by atoms with E-state index in [0.29, 0.717) is 11.8 Å². The zero-order valence-electron chi connectivity index (χ0n) is 12.7. The maximum atomic E-state index is 9.25. The lowest BCUT2D eigenvalue weighted by atomic mass is 10.1. The number of anilines is 1. The number of nitrogens with zero attached hydrogens (tertiary/aromatic N) is 2. The van der Waals surface area contributed by atoms with Gasteiger partial charge in [0.25, 0.3) is 0 Å². The van der Waals surface area contributed by atoms with Gasteiger partial charge in [0.15, 0.2) is 0 Å². The summed E-state index contributed by atoms with van der Waals surface area (Å²) in [5.74, 6) is 1.38. The fourth-order valence-electron chi connectivity index (χ4n) is 2.02. The van der Waals surface area contributed by atoms with Crippen LogP contribution in [0.5, 0.6) is 0 Å². The standard InChI is InChI=1S/C17H26N2/c1-14(2)9-11-19(12-10-15(3)4)17-8-6-5-7-16(17)13-18/h5-8,14-15H,9-12H2,1-4H3. The van der Waals surface area contributed by atoms with Crippen molar-refractivity contribution in [1.29, 1.82) is 5.26 Å². The first-order valence-electron chi connectivity index (χ1n) is 7.28. The molecule has 2 heteroatoms. The Morgan fingerprint density at radius 2 is 1.53 bits per heavy atom. The lowest BCUT2D eigenvalue weighted by molar-refractivity contribution is 0.535. The molecule has 2 nitrogen and oxygen atoms in total. The minimum absolute atomic E-state index is 0.691. The molecule has 1 rings (SSSR count). The van der Waals surface area contributed by atoms with Gasteiger partial charge in [-0.25, -0.2) is 0 Å². The van der Waals surface area contributed by atoms with Crippen LogP contribution in [0, 0.1) is 23.2 Å². The van der Waals surface area contributed by atoms with Crippen molar-refractivity contribution in [2.45, 2.75) is 40.5 Å². The van der Waals surface area contributed by atoms with E-state index in [1.165, 1.54) is 0 Å². The SMILES string of the molecule is CC(C)CCN(CCC(C)C)c1ccccc1C#N. The predicted molar refractivity (Wildman–Crippen MR) is 82.3 cm³/mol. The summed E-state index contributed by atoms with van der Waals surface area (Å²) in [6.07, 6.45) is 2.33. The number of hydrogen-bond acceptors (Lipinski definition) is 2. The molecule has 0 saturated heterocycles. The van der Waals surface area contributed by atoms with E-state index >= 15 is 0 Å². The highest BCUT2D eigenvalue weighted by Gasteiger charge is 2.12. The number of para-hydroxylation sites is 1. The molecule has 104 valence electrons. The van der Waals surface area contributed by atoms with Crippen LogP contribution in [0.2, 0.25) is 0 Å². The molecule has 0 atom stereocenters. The second-order valence-electron chi connectivity index (χ2n) is 5.98. The Kier molecular flexibility index (Phi) is 6.42. The van der Waals surface area contributed by atoms with Gasteiger partial charge in [-0.05, 0) is 36.8 Å². The van der Waals surface area contributed by atoms with Crippen LogP contribution in [0.1, 0.15) is 46.1 Å². The smallest absolute Gasteiger partial charge is 0.101 e. The fraction of sp³-hybridized carbons (Fsp3) is 0.588. The van der Waals surface area contributed by atoms with Crippen molar-refractivity contribution < 1.29 is 0 Å². The summed E-state index contributed by atoms with van der Waals surface area (Å²) in [5.41, 5.74) is 1.88. The van der Waals surface area contributed by atoms with Gasteiger partial charge in [-0.15, -0.1) is 0 Å². The van der Waals surface area contributed by atoms with Gasteiger partial charge in [-0.2, -0.15) is 5.26 Å². The first kappa shape index (κ1) is 15.6. The first-order valence-corrected chi connectivity index (χ1v) is 7.28. The van der Waals surface area contributed by atoms with Crippen molar-refractivity contribution in [2.24, 2.45) is 11.8 Å². The molecule has 0 spiro atoms. The molecule has 0 fully saturated rings. The molecule has 1 aromatic carbocycles. The van der Waals surface area contributed by atoms with E-state index in [-0.39, 0.29) is 0 Å². The third kappa shape index (κ3) is 5.34. The van der Waals surface area contributed by atoms with Crippen LogP contribution in [0.3, 0.4) is 0 Å². The fourth-order valence-corrected chi connectivity index (χ4v) is 2.02. The van der Waals surface area contributed by atoms with Crippen LogP contribution in [0.4, 0.5) is 5.69 Å². The van der Waals surface area contributed by atoms with Gasteiger partial charge in [0.2, 0.25) is 0 Å². The largest absolute Gasteiger partial charge is 0.370 e. The number of benzene rings is 1. The van der Waals surface area contributed by atoms with E-state index in [1.807, 2.05) is 18.2 Å². The molecule has 0 heterocycles. The Hall–Kier alpha value is -1.49. The van der Waals surface area contributed by atoms with Crippen LogP contribution in [0.25, 0.3) is 0 Å². The minimum atomic E-state index is 0.691. The van der Waals surface area contributed by atoms with Crippen LogP contribution < -0.4 is 4.90 Å². The number of hydrogen-bond donors (Lipinski definition) is 0. The van der Waals surface area contributed by atoms with E-state index < -0.39 is 0 Å². The van der Waals surface area contributed by atoms with Crippen molar-refractivity contribution in [3.8, 4) is 6.07 Å². The summed E-state index contributed by atoms with van der Waals surface area (Å²) >= 11 is 0. The molecule has 19 heavy (non-hydrogen) atoms. The Labute approximate surface area is 118 Å². The average molecular weight is 258 g/mol. The summed E-state index contributed by atoms with van der Waals surface area (Å²) in [6.45, 7) is 11.0. The minimum Gasteiger partial charge on any atom is -0.370 e. The molecule has 0 N–H and O–H groups in total. The normalized spacial score (nSPS) is 10.8. The van der Waals surface area contributed by atoms with Gasteiger partial charge in [-0.1, -0.05) is 39.8 Å². The third-order valence-electron chi connectivity index (χ3n) is 3.32. The van der Waals surface area contributed by atoms with Gasteiger partial charge in [0, 0.05) is 13.1 Å². The third-order valence-corrected chi connectivity index (χ3v) is 3.32. The van der Waals surface area contributed by atoms with Gasteiger partial charge in [0.05, 0.1) is 11.3 Å². The molecule has 0 radical (unpaired) electrons. The van der Waals surface area contributed by atoms with Crippen LogP contribution in [0.15, 0.2) is 24.3 Å². The van der Waals surface area contributed by atoms with Gasteiger partial charge >= 0.3 is 0 Å². The Balaban J connectivity index is 2.84. The lowest BCUT2D eigenvalue weighted by Crippen LogP contribution is -2.28. The lowest BCUT2D eigenvalue weighted by Gasteiger charge is -2.27. The topological polar surface area (TPSA) is 27.0 Å². The monoisotopic (exact) mass is 258 g/mol. The zero-order chi connectivity index (χ0) is 14.3. The predicted octanol–water partition coefficient (Wildman–Crippen LogP) is 4.46. The van der Waals surface area contributed by atoms with Crippen molar-refractivity contribution in [3.63, 3.8) is 0 Å². The second-order valence-corrected chi connectivity index (χ2v) is 5.98. The molecule has 0 aromatic heterocycles. The van der Waals surface area contributed by atoms with Crippen molar-refractivity contribution in [2.75, 3.05) is 18.0 Å². The van der Waals surface area contributed by atoms with Crippen molar-refractivity contribution >= 4 is 5.69 Å². The summed E-state index contributed by atoms with van der Waals surface area (Å²) in [7, 11) is 0. The van der Waals surface area contributed by atoms with Gasteiger partial charge < -0.3 is 4.90 Å². The van der Waals surface area contributed by atoms with E-state index in [4.69, 9.17) is 0 Å². The van der Waals surface area contributed by atoms with E-state index in [9.17, 15) is 5.26 Å². The molecular formula is C17H26N2. The summed E-state index contributed by atoms with van der Waals surface area (Å²) in [5, 5.41) is 9.25. The van der Waals surface area contributed by atoms with Gasteiger partial charge in [-0.3, -0.25) is 0 Å². The average Bonchev–Trinajstić information content (AvgIpc) is 2.38. The Bertz CT molecular complexity index is 404. The second kappa shape index (κ2) is 7.84. The summed E-state index contributed by atoms with van der Waals surface area (Å²) < 4.78 is 0. The number of rotatable bonds is 7. The maximum absolute atomic E-state index is 9.25. The molecule has 0 aliphatic carbocycles. The van der Waals surface area contributed by atoms with Crippen molar-refractivity contribution in [1.82, 2.24) is 0 Å². The summed E-state index contributed by atoms with van der Waals surface area (Å²) in [6, 6.07) is 10.2. The molecular weight excluding hydrogens is 232 g/mol. The van der Waals surface area contributed by atoms with Crippen LogP contribution in [-0.4, -0.2) is 13.1 Å². The molecule has 0 aliphatic rings. The summed E-state index contributed by atoms with van der Waals surface area (Å²) in [4.78, 5) is 2.37.